The predicted molar refractivity (Wildman–Crippen MR) is 185 cm³/mol. The van der Waals surface area contributed by atoms with Crippen LogP contribution in [0.5, 0.6) is 0 Å². The van der Waals surface area contributed by atoms with Gasteiger partial charge >= 0.3 is 6.09 Å². The fraction of sp³-hybridized carbons (Fsp3) is 0.417. The SMILES string of the molecule is C[C@@H]1[C@@H]([Si](C)(C)O)[C@H](CC(=O)N2Cc3ccccc3C[C@H]2CO)O[C@@]12C(=O)N(Cc1ccc(N3CCOC3=O)cc1)c1ccc([N+](=O)[O-])cc12. The van der Waals surface area contributed by atoms with Crippen molar-refractivity contribution in [2.45, 2.75) is 69.2 Å². The molecule has 0 aliphatic carbocycles. The number of carbonyl (C=O) groups is 3. The third-order valence-electron chi connectivity index (χ3n) is 10.8. The summed E-state index contributed by atoms with van der Waals surface area (Å²) in [7, 11) is -3.14. The minimum atomic E-state index is -3.14. The third kappa shape index (κ3) is 5.56. The number of ether oxygens (including phenoxy) is 2. The van der Waals surface area contributed by atoms with E-state index in [9.17, 15) is 34.4 Å². The van der Waals surface area contributed by atoms with Gasteiger partial charge in [0.2, 0.25) is 5.91 Å². The molecule has 3 aromatic rings. The zero-order valence-corrected chi connectivity index (χ0v) is 29.2. The molecule has 3 amide bonds. The number of fused-ring (bicyclic) bond motifs is 3. The molecule has 4 aliphatic heterocycles. The minimum absolute atomic E-state index is 0.117. The molecule has 262 valence electrons. The Morgan fingerprint density at radius 1 is 1.08 bits per heavy atom. The lowest BCUT2D eigenvalue weighted by Crippen LogP contribution is -2.48. The molecular formula is C36H40N4O9Si. The zero-order valence-electron chi connectivity index (χ0n) is 28.2. The number of aliphatic hydroxyl groups excluding tert-OH is 1. The van der Waals surface area contributed by atoms with Crippen LogP contribution in [-0.2, 0) is 44.2 Å². The lowest BCUT2D eigenvalue weighted by Gasteiger charge is -2.37. The largest absolute Gasteiger partial charge is 0.447 e. The molecule has 0 radical (unpaired) electrons. The maximum atomic E-state index is 14.8. The Kier molecular flexibility index (Phi) is 8.53. The van der Waals surface area contributed by atoms with Gasteiger partial charge in [0.15, 0.2) is 13.9 Å². The number of nitro groups is 1. The van der Waals surface area contributed by atoms with E-state index in [2.05, 4.69) is 0 Å². The Labute approximate surface area is 290 Å². The van der Waals surface area contributed by atoms with Crippen LogP contribution in [0.3, 0.4) is 0 Å². The number of nitro benzene ring substituents is 1. The second-order valence-corrected chi connectivity index (χ2v) is 18.2. The Morgan fingerprint density at radius 3 is 2.44 bits per heavy atom. The van der Waals surface area contributed by atoms with E-state index in [0.29, 0.717) is 43.1 Å². The molecule has 1 spiro atoms. The highest BCUT2D eigenvalue weighted by atomic mass is 28.4. The van der Waals surface area contributed by atoms with Crippen molar-refractivity contribution in [3.63, 3.8) is 0 Å². The summed E-state index contributed by atoms with van der Waals surface area (Å²) in [5.41, 5.74) is 1.80. The first-order valence-corrected chi connectivity index (χ1v) is 19.9. The van der Waals surface area contributed by atoms with Crippen LogP contribution in [0.1, 0.15) is 35.6 Å². The van der Waals surface area contributed by atoms with Crippen molar-refractivity contribution in [1.82, 2.24) is 4.90 Å². The summed E-state index contributed by atoms with van der Waals surface area (Å²) < 4.78 is 11.8. The van der Waals surface area contributed by atoms with Gasteiger partial charge in [-0.1, -0.05) is 43.3 Å². The first-order valence-electron chi connectivity index (χ1n) is 16.8. The summed E-state index contributed by atoms with van der Waals surface area (Å²) >= 11 is 0. The lowest BCUT2D eigenvalue weighted by molar-refractivity contribution is -0.385. The van der Waals surface area contributed by atoms with Crippen LogP contribution < -0.4 is 9.80 Å². The molecule has 13 nitrogen and oxygen atoms in total. The molecule has 0 unspecified atom stereocenters. The fourth-order valence-corrected chi connectivity index (χ4v) is 11.0. The normalized spacial score (nSPS) is 26.0. The maximum Gasteiger partial charge on any atom is 0.414 e. The van der Waals surface area contributed by atoms with Crippen LogP contribution >= 0.6 is 0 Å². The third-order valence-corrected chi connectivity index (χ3v) is 13.3. The average molecular weight is 701 g/mol. The van der Waals surface area contributed by atoms with Crippen molar-refractivity contribution in [3.05, 3.63) is 99.1 Å². The number of aliphatic hydroxyl groups is 1. The van der Waals surface area contributed by atoms with Gasteiger partial charge in [0.25, 0.3) is 11.6 Å². The number of anilines is 2. The smallest absolute Gasteiger partial charge is 0.414 e. The van der Waals surface area contributed by atoms with Gasteiger partial charge in [-0.3, -0.25) is 24.6 Å². The first kappa shape index (κ1) is 33.8. The molecule has 0 aromatic heterocycles. The summed E-state index contributed by atoms with van der Waals surface area (Å²) in [6.45, 7) is 6.29. The number of amides is 3. The number of non-ortho nitro benzene ring substituents is 1. The van der Waals surface area contributed by atoms with Gasteiger partial charge in [0.05, 0.1) is 48.9 Å². The number of benzene rings is 3. The molecule has 4 aliphatic rings. The van der Waals surface area contributed by atoms with Crippen LogP contribution in [0.2, 0.25) is 18.6 Å². The maximum absolute atomic E-state index is 14.8. The van der Waals surface area contributed by atoms with Crippen LogP contribution in [-0.4, -0.2) is 77.9 Å². The molecule has 5 atom stereocenters. The van der Waals surface area contributed by atoms with E-state index in [-0.39, 0.29) is 31.2 Å². The van der Waals surface area contributed by atoms with Crippen molar-refractivity contribution in [2.24, 2.45) is 5.92 Å². The number of rotatable bonds is 8. The molecular weight excluding hydrogens is 661 g/mol. The van der Waals surface area contributed by atoms with Crippen molar-refractivity contribution in [3.8, 4) is 0 Å². The van der Waals surface area contributed by atoms with Gasteiger partial charge in [-0.25, -0.2) is 4.79 Å². The highest BCUT2D eigenvalue weighted by molar-refractivity contribution is 6.71. The standard InChI is InChI=1S/C36H40N4O9Si/c1-22-33(50(2,3)47)31(18-32(42)38-20-25-7-5-4-6-24(25)16-28(38)21-41)49-36(22)29-17-27(40(45)46)12-13-30(29)39(34(36)43)19-23-8-10-26(11-9-23)37-14-15-48-35(37)44/h4-13,17,22,28,31,33,41,47H,14-16,18-21H2,1-3H3/t22-,28+,31+,33-,36+/m1/s1. The molecule has 2 saturated heterocycles. The Bertz CT molecular complexity index is 1860. The highest BCUT2D eigenvalue weighted by Crippen LogP contribution is 2.60. The molecule has 50 heavy (non-hydrogen) atoms. The Balaban J connectivity index is 1.23. The summed E-state index contributed by atoms with van der Waals surface area (Å²) in [5.74, 6) is -1.32. The summed E-state index contributed by atoms with van der Waals surface area (Å²) in [6.07, 6.45) is -0.922. The van der Waals surface area contributed by atoms with Crippen LogP contribution in [0.4, 0.5) is 21.9 Å². The van der Waals surface area contributed by atoms with Gasteiger partial charge < -0.3 is 29.2 Å². The minimum Gasteiger partial charge on any atom is -0.447 e. The van der Waals surface area contributed by atoms with Gasteiger partial charge in [-0.15, -0.1) is 0 Å². The van der Waals surface area contributed by atoms with Gasteiger partial charge in [-0.2, -0.15) is 0 Å². The van der Waals surface area contributed by atoms with Gasteiger partial charge in [-0.05, 0) is 54.4 Å². The molecule has 3 aromatic carbocycles. The van der Waals surface area contributed by atoms with Gasteiger partial charge in [0, 0.05) is 41.4 Å². The monoisotopic (exact) mass is 700 g/mol. The number of hydrogen-bond acceptors (Lipinski definition) is 9. The summed E-state index contributed by atoms with van der Waals surface area (Å²) in [4.78, 5) is 68.8. The highest BCUT2D eigenvalue weighted by Gasteiger charge is 2.66. The van der Waals surface area contributed by atoms with E-state index in [0.717, 1.165) is 16.7 Å². The zero-order chi connectivity index (χ0) is 35.5. The fourth-order valence-electron chi connectivity index (χ4n) is 8.46. The Morgan fingerprint density at radius 2 is 1.80 bits per heavy atom. The van der Waals surface area contributed by atoms with Gasteiger partial charge in [0.1, 0.15) is 6.61 Å². The lowest BCUT2D eigenvalue weighted by atomic mass is 9.82. The van der Waals surface area contributed by atoms with E-state index in [1.54, 1.807) is 41.1 Å². The molecule has 0 bridgehead atoms. The summed E-state index contributed by atoms with van der Waals surface area (Å²) in [6, 6.07) is 18.8. The van der Waals surface area contributed by atoms with Crippen molar-refractivity contribution in [2.75, 3.05) is 29.6 Å². The predicted octanol–water partition coefficient (Wildman–Crippen LogP) is 4.23. The van der Waals surface area contributed by atoms with Crippen LogP contribution in [0.15, 0.2) is 66.7 Å². The van der Waals surface area contributed by atoms with E-state index < -0.39 is 54.4 Å². The number of nitrogens with zero attached hydrogens (tertiary/aromatic N) is 4. The second kappa shape index (κ2) is 12.6. The van der Waals surface area contributed by atoms with Crippen LogP contribution in [0.25, 0.3) is 0 Å². The van der Waals surface area contributed by atoms with E-state index in [1.807, 2.05) is 43.3 Å². The molecule has 2 fully saturated rings. The van der Waals surface area contributed by atoms with E-state index in [4.69, 9.17) is 9.47 Å². The molecule has 0 saturated carbocycles. The first-order chi connectivity index (χ1) is 23.8. The van der Waals surface area contributed by atoms with Crippen molar-refractivity contribution < 1.29 is 38.7 Å². The summed E-state index contributed by atoms with van der Waals surface area (Å²) in [5, 5.41) is 22.2. The molecule has 14 heteroatoms. The average Bonchev–Trinajstić information content (AvgIpc) is 3.72. The quantitative estimate of drug-likeness (QED) is 0.199. The molecule has 7 rings (SSSR count). The second-order valence-electron chi connectivity index (χ2n) is 14.2. The van der Waals surface area contributed by atoms with E-state index >= 15 is 0 Å². The number of carbonyl (C=O) groups excluding carboxylic acids is 3. The molecule has 2 N–H and O–H groups in total. The van der Waals surface area contributed by atoms with Crippen molar-refractivity contribution in [1.29, 1.82) is 0 Å². The van der Waals surface area contributed by atoms with Crippen LogP contribution in [0, 0.1) is 16.0 Å². The Hall–Kier alpha value is -4.63. The number of hydrogen-bond donors (Lipinski definition) is 2. The van der Waals surface area contributed by atoms with E-state index in [1.165, 1.54) is 17.0 Å². The molecule has 4 heterocycles. The topological polar surface area (TPSA) is 163 Å². The number of cyclic esters (lactones) is 1. The van der Waals surface area contributed by atoms with Crippen molar-refractivity contribution >= 4 is 43.3 Å².